The number of hydrogen-bond acceptors (Lipinski definition) is 3. The largest absolute Gasteiger partial charge is 0.494 e. The standard InChI is InChI=1S/C26H33N3O2/c1-19-15-20(2)17-22(16-19)31-14-8-13-29-24-12-7-6-11-23(24)28-25(29)18-27-26(30)21-9-4-3-5-10-21/h6-7,11-12,15-17,21H,3-5,8-10,13-14,18H2,1-2H3,(H,27,30). The molecule has 0 spiro atoms. The Kier molecular flexibility index (Phi) is 6.90. The zero-order valence-corrected chi connectivity index (χ0v) is 18.7. The van der Waals surface area contributed by atoms with Crippen molar-refractivity contribution in [3.05, 3.63) is 59.4 Å². The number of nitrogens with zero attached hydrogens (tertiary/aromatic N) is 2. The second kappa shape index (κ2) is 9.99. The molecule has 1 fully saturated rings. The Bertz CT molecular complexity index is 1010. The Morgan fingerprint density at radius 1 is 1.10 bits per heavy atom. The highest BCUT2D eigenvalue weighted by Gasteiger charge is 2.21. The number of imidazole rings is 1. The monoisotopic (exact) mass is 419 g/mol. The van der Waals surface area contributed by atoms with Gasteiger partial charge in [-0.1, -0.05) is 37.5 Å². The van der Waals surface area contributed by atoms with Gasteiger partial charge in [-0.3, -0.25) is 4.79 Å². The number of para-hydroxylation sites is 2. The predicted molar refractivity (Wildman–Crippen MR) is 124 cm³/mol. The van der Waals surface area contributed by atoms with E-state index in [0.717, 1.165) is 61.3 Å². The van der Waals surface area contributed by atoms with Gasteiger partial charge in [-0.15, -0.1) is 0 Å². The van der Waals surface area contributed by atoms with Crippen LogP contribution in [0.2, 0.25) is 0 Å². The molecule has 0 radical (unpaired) electrons. The Morgan fingerprint density at radius 3 is 2.61 bits per heavy atom. The number of nitrogens with one attached hydrogen (secondary N) is 1. The zero-order valence-electron chi connectivity index (χ0n) is 18.7. The average molecular weight is 420 g/mol. The van der Waals surface area contributed by atoms with Gasteiger partial charge >= 0.3 is 0 Å². The van der Waals surface area contributed by atoms with Crippen molar-refractivity contribution in [2.75, 3.05) is 6.61 Å². The molecule has 1 saturated carbocycles. The fourth-order valence-corrected chi connectivity index (χ4v) is 4.61. The van der Waals surface area contributed by atoms with Crippen LogP contribution in [-0.4, -0.2) is 22.1 Å². The van der Waals surface area contributed by atoms with Gasteiger partial charge in [0.2, 0.25) is 5.91 Å². The summed E-state index contributed by atoms with van der Waals surface area (Å²) in [5, 5.41) is 3.15. The van der Waals surface area contributed by atoms with Gasteiger partial charge in [0.1, 0.15) is 11.6 Å². The molecule has 0 bridgehead atoms. The lowest BCUT2D eigenvalue weighted by atomic mass is 9.89. The van der Waals surface area contributed by atoms with Crippen LogP contribution in [0.4, 0.5) is 0 Å². The number of rotatable bonds is 8. The summed E-state index contributed by atoms with van der Waals surface area (Å²) >= 11 is 0. The van der Waals surface area contributed by atoms with Crippen LogP contribution in [0.25, 0.3) is 11.0 Å². The third-order valence-electron chi connectivity index (χ3n) is 6.12. The molecule has 0 atom stereocenters. The molecule has 4 rings (SSSR count). The van der Waals surface area contributed by atoms with E-state index in [4.69, 9.17) is 9.72 Å². The first-order valence-corrected chi connectivity index (χ1v) is 11.5. The summed E-state index contributed by atoms with van der Waals surface area (Å²) in [6, 6.07) is 14.5. The number of fused-ring (bicyclic) bond motifs is 1. The van der Waals surface area contributed by atoms with Crippen molar-refractivity contribution < 1.29 is 9.53 Å². The van der Waals surface area contributed by atoms with Crippen molar-refractivity contribution in [3.8, 4) is 5.75 Å². The van der Waals surface area contributed by atoms with E-state index in [0.29, 0.717) is 13.2 Å². The van der Waals surface area contributed by atoms with E-state index in [1.165, 1.54) is 17.5 Å². The predicted octanol–water partition coefficient (Wildman–Crippen LogP) is 5.32. The molecular formula is C26H33N3O2. The van der Waals surface area contributed by atoms with Gasteiger partial charge in [0.05, 0.1) is 24.2 Å². The summed E-state index contributed by atoms with van der Waals surface area (Å²) in [6.45, 7) is 6.10. The van der Waals surface area contributed by atoms with Crippen LogP contribution in [0.15, 0.2) is 42.5 Å². The van der Waals surface area contributed by atoms with E-state index in [9.17, 15) is 4.79 Å². The number of aromatic nitrogens is 2. The lowest BCUT2D eigenvalue weighted by Crippen LogP contribution is -2.32. The Morgan fingerprint density at radius 2 is 1.84 bits per heavy atom. The van der Waals surface area contributed by atoms with Crippen LogP contribution in [0.1, 0.15) is 55.5 Å². The van der Waals surface area contributed by atoms with Gasteiger partial charge < -0.3 is 14.6 Å². The van der Waals surface area contributed by atoms with Crippen molar-refractivity contribution in [2.24, 2.45) is 5.92 Å². The quantitative estimate of drug-likeness (QED) is 0.503. The molecule has 31 heavy (non-hydrogen) atoms. The maximum absolute atomic E-state index is 12.6. The van der Waals surface area contributed by atoms with Crippen LogP contribution >= 0.6 is 0 Å². The third kappa shape index (κ3) is 5.46. The van der Waals surface area contributed by atoms with Gasteiger partial charge in [0, 0.05) is 12.5 Å². The van der Waals surface area contributed by atoms with Crippen molar-refractivity contribution in [1.29, 1.82) is 0 Å². The molecule has 164 valence electrons. The van der Waals surface area contributed by atoms with Gasteiger partial charge in [0.15, 0.2) is 0 Å². The molecule has 0 unspecified atom stereocenters. The van der Waals surface area contributed by atoms with Crippen LogP contribution in [0, 0.1) is 19.8 Å². The SMILES string of the molecule is Cc1cc(C)cc(OCCCn2c(CNC(=O)C3CCCCC3)nc3ccccc32)c1. The summed E-state index contributed by atoms with van der Waals surface area (Å²) in [5.74, 6) is 2.18. The van der Waals surface area contributed by atoms with Crippen LogP contribution in [-0.2, 0) is 17.9 Å². The van der Waals surface area contributed by atoms with E-state index in [1.807, 2.05) is 18.2 Å². The summed E-state index contributed by atoms with van der Waals surface area (Å²) in [7, 11) is 0. The molecule has 5 nitrogen and oxygen atoms in total. The first-order valence-electron chi connectivity index (χ1n) is 11.5. The molecule has 2 aromatic carbocycles. The molecule has 1 aromatic heterocycles. The minimum absolute atomic E-state index is 0.165. The first kappa shape index (κ1) is 21.4. The summed E-state index contributed by atoms with van der Waals surface area (Å²) in [5.41, 5.74) is 4.51. The summed E-state index contributed by atoms with van der Waals surface area (Å²) in [6.07, 6.45) is 6.48. The first-order chi connectivity index (χ1) is 15.1. The van der Waals surface area contributed by atoms with Crippen molar-refractivity contribution in [2.45, 2.75) is 65.5 Å². The summed E-state index contributed by atoms with van der Waals surface area (Å²) < 4.78 is 8.22. The van der Waals surface area contributed by atoms with Gasteiger partial charge in [-0.05, 0) is 68.5 Å². The number of carbonyl (C=O) groups is 1. The van der Waals surface area contributed by atoms with E-state index < -0.39 is 0 Å². The number of carbonyl (C=O) groups excluding carboxylic acids is 1. The maximum atomic E-state index is 12.6. The van der Waals surface area contributed by atoms with Crippen molar-refractivity contribution in [1.82, 2.24) is 14.9 Å². The molecule has 1 heterocycles. The van der Waals surface area contributed by atoms with Crippen molar-refractivity contribution in [3.63, 3.8) is 0 Å². The second-order valence-electron chi connectivity index (χ2n) is 8.75. The van der Waals surface area contributed by atoms with E-state index in [1.54, 1.807) is 0 Å². The number of hydrogen-bond donors (Lipinski definition) is 1. The smallest absolute Gasteiger partial charge is 0.223 e. The fraction of sp³-hybridized carbons (Fsp3) is 0.462. The van der Waals surface area contributed by atoms with E-state index in [2.05, 4.69) is 48.0 Å². The van der Waals surface area contributed by atoms with Crippen molar-refractivity contribution >= 4 is 16.9 Å². The highest BCUT2D eigenvalue weighted by Crippen LogP contribution is 2.24. The molecule has 0 saturated heterocycles. The number of amides is 1. The minimum atomic E-state index is 0.165. The average Bonchev–Trinajstić information content (AvgIpc) is 3.12. The second-order valence-corrected chi connectivity index (χ2v) is 8.75. The molecule has 1 aliphatic rings. The van der Waals surface area contributed by atoms with Crippen LogP contribution < -0.4 is 10.1 Å². The number of aryl methyl sites for hydroxylation is 3. The summed E-state index contributed by atoms with van der Waals surface area (Å²) in [4.78, 5) is 17.4. The Hall–Kier alpha value is -2.82. The zero-order chi connectivity index (χ0) is 21.6. The topological polar surface area (TPSA) is 56.1 Å². The van der Waals surface area contributed by atoms with Gasteiger partial charge in [0.25, 0.3) is 0 Å². The highest BCUT2D eigenvalue weighted by atomic mass is 16.5. The van der Waals surface area contributed by atoms with Crippen LogP contribution in [0.5, 0.6) is 5.75 Å². The van der Waals surface area contributed by atoms with E-state index >= 15 is 0 Å². The van der Waals surface area contributed by atoms with E-state index in [-0.39, 0.29) is 11.8 Å². The molecule has 0 aliphatic heterocycles. The normalized spacial score (nSPS) is 14.6. The number of ether oxygens (including phenoxy) is 1. The third-order valence-corrected chi connectivity index (χ3v) is 6.12. The van der Waals surface area contributed by atoms with Gasteiger partial charge in [-0.25, -0.2) is 4.98 Å². The Balaban J connectivity index is 1.39. The highest BCUT2D eigenvalue weighted by molar-refractivity contribution is 5.79. The number of benzene rings is 2. The van der Waals surface area contributed by atoms with Crippen LogP contribution in [0.3, 0.4) is 0 Å². The molecule has 1 N–H and O–H groups in total. The Labute approximate surface area is 184 Å². The molecule has 5 heteroatoms. The molecular weight excluding hydrogens is 386 g/mol. The molecule has 1 aliphatic carbocycles. The maximum Gasteiger partial charge on any atom is 0.223 e. The fourth-order valence-electron chi connectivity index (χ4n) is 4.61. The van der Waals surface area contributed by atoms with Gasteiger partial charge in [-0.2, -0.15) is 0 Å². The minimum Gasteiger partial charge on any atom is -0.494 e. The lowest BCUT2D eigenvalue weighted by Gasteiger charge is -2.20. The molecule has 3 aromatic rings. The molecule has 1 amide bonds. The lowest BCUT2D eigenvalue weighted by molar-refractivity contribution is -0.126.